The highest BCUT2D eigenvalue weighted by Gasteiger charge is 2.21. The third kappa shape index (κ3) is 5.14. The molecule has 0 spiro atoms. The number of nitrogens with one attached hydrogen (secondary N) is 2. The summed E-state index contributed by atoms with van der Waals surface area (Å²) in [6.07, 6.45) is 0.641. The summed E-state index contributed by atoms with van der Waals surface area (Å²) in [7, 11) is 0. The zero-order valence-electron chi connectivity index (χ0n) is 15.0. The summed E-state index contributed by atoms with van der Waals surface area (Å²) < 4.78 is 27.0. The van der Waals surface area contributed by atoms with E-state index in [0.29, 0.717) is 13.0 Å². The summed E-state index contributed by atoms with van der Waals surface area (Å²) >= 11 is 0. The number of carbonyl (C=O) groups excluding carboxylic acids is 1. The zero-order valence-corrected chi connectivity index (χ0v) is 15.0. The topological polar surface area (TPSA) is 61.4 Å². The lowest BCUT2D eigenvalue weighted by Gasteiger charge is -2.19. The van der Waals surface area contributed by atoms with E-state index >= 15 is 0 Å². The van der Waals surface area contributed by atoms with Gasteiger partial charge in [0, 0.05) is 12.6 Å². The normalized spacial score (nSPS) is 11.8. The predicted octanol–water partition coefficient (Wildman–Crippen LogP) is 4.18. The summed E-state index contributed by atoms with van der Waals surface area (Å²) in [5.74, 6) is -1.78. The van der Waals surface area contributed by atoms with Gasteiger partial charge in [-0.1, -0.05) is 42.5 Å². The second kappa shape index (κ2) is 9.10. The molecule has 6 heteroatoms. The van der Waals surface area contributed by atoms with Crippen molar-refractivity contribution < 1.29 is 18.7 Å². The molecule has 1 amide bonds. The van der Waals surface area contributed by atoms with Crippen LogP contribution in [-0.2, 0) is 11.2 Å². The van der Waals surface area contributed by atoms with Crippen molar-refractivity contribution in [1.82, 2.24) is 5.32 Å². The van der Waals surface area contributed by atoms with Crippen LogP contribution < -0.4 is 10.6 Å². The maximum atomic E-state index is 13.9. The molecule has 3 N–H and O–H groups in total. The van der Waals surface area contributed by atoms with Gasteiger partial charge in [0.25, 0.3) is 0 Å². The lowest BCUT2D eigenvalue weighted by molar-refractivity contribution is -0.118. The Hall–Kier alpha value is -3.25. The van der Waals surface area contributed by atoms with Gasteiger partial charge in [-0.2, -0.15) is 0 Å². The molecule has 0 fully saturated rings. The molecule has 0 unspecified atom stereocenters. The molecule has 0 saturated heterocycles. The van der Waals surface area contributed by atoms with Crippen molar-refractivity contribution in [2.45, 2.75) is 12.5 Å². The summed E-state index contributed by atoms with van der Waals surface area (Å²) in [5, 5.41) is 15.0. The highest BCUT2D eigenvalue weighted by molar-refractivity contribution is 5.95. The average molecular weight is 382 g/mol. The number of benzene rings is 3. The van der Waals surface area contributed by atoms with Crippen molar-refractivity contribution in [1.29, 1.82) is 0 Å². The number of rotatable bonds is 7. The first-order valence-electron chi connectivity index (χ1n) is 8.85. The first-order chi connectivity index (χ1) is 13.5. The van der Waals surface area contributed by atoms with Crippen LogP contribution in [0.1, 0.15) is 17.2 Å². The van der Waals surface area contributed by atoms with Gasteiger partial charge in [0.15, 0.2) is 0 Å². The Labute approximate surface area is 161 Å². The van der Waals surface area contributed by atoms with E-state index in [2.05, 4.69) is 10.6 Å². The van der Waals surface area contributed by atoms with Gasteiger partial charge in [0.1, 0.15) is 23.4 Å². The first kappa shape index (κ1) is 19.5. The lowest BCUT2D eigenvalue weighted by atomic mass is 10.1. The standard InChI is InChI=1S/C22H20F2N2O2/c23-17-8-11-20(19(24)14-17)26-22(28)21(16-4-2-1-3-5-16)25-13-12-15-6-9-18(27)10-7-15/h1-11,14,21,25,27H,12-13H2,(H,26,28)/t21-/m1/s1. The minimum absolute atomic E-state index is 0.0762. The Morgan fingerprint density at radius 1 is 0.964 bits per heavy atom. The molecule has 144 valence electrons. The quantitative estimate of drug-likeness (QED) is 0.574. The van der Waals surface area contributed by atoms with Crippen molar-refractivity contribution in [3.05, 3.63) is 95.6 Å². The van der Waals surface area contributed by atoms with Crippen LogP contribution in [0, 0.1) is 11.6 Å². The van der Waals surface area contributed by atoms with E-state index in [1.165, 1.54) is 6.07 Å². The van der Waals surface area contributed by atoms with Crippen molar-refractivity contribution in [2.24, 2.45) is 0 Å². The van der Waals surface area contributed by atoms with E-state index in [1.807, 2.05) is 30.3 Å². The molecule has 3 rings (SSSR count). The predicted molar refractivity (Wildman–Crippen MR) is 104 cm³/mol. The van der Waals surface area contributed by atoms with Gasteiger partial charge in [-0.25, -0.2) is 8.78 Å². The monoisotopic (exact) mass is 382 g/mol. The molecule has 0 aliphatic heterocycles. The van der Waals surface area contributed by atoms with Crippen LogP contribution >= 0.6 is 0 Å². The number of hydrogen-bond acceptors (Lipinski definition) is 3. The van der Waals surface area contributed by atoms with Crippen LogP contribution in [0.2, 0.25) is 0 Å². The number of anilines is 1. The number of amides is 1. The van der Waals surface area contributed by atoms with E-state index in [9.17, 15) is 18.7 Å². The van der Waals surface area contributed by atoms with Crippen LogP contribution in [0.15, 0.2) is 72.8 Å². The number of hydrogen-bond donors (Lipinski definition) is 3. The number of aromatic hydroxyl groups is 1. The minimum Gasteiger partial charge on any atom is -0.508 e. The van der Waals surface area contributed by atoms with Gasteiger partial charge >= 0.3 is 0 Å². The van der Waals surface area contributed by atoms with E-state index in [-0.39, 0.29) is 11.4 Å². The Balaban J connectivity index is 1.71. The third-order valence-corrected chi connectivity index (χ3v) is 4.28. The van der Waals surface area contributed by atoms with Crippen molar-refractivity contribution in [3.63, 3.8) is 0 Å². The molecule has 3 aromatic rings. The Morgan fingerprint density at radius 2 is 1.68 bits per heavy atom. The zero-order chi connectivity index (χ0) is 19.9. The fourth-order valence-corrected chi connectivity index (χ4v) is 2.83. The first-order valence-corrected chi connectivity index (χ1v) is 8.85. The van der Waals surface area contributed by atoms with Crippen LogP contribution in [0.5, 0.6) is 5.75 Å². The van der Waals surface area contributed by atoms with E-state index in [0.717, 1.165) is 23.3 Å². The molecule has 3 aromatic carbocycles. The molecular weight excluding hydrogens is 362 g/mol. The maximum Gasteiger partial charge on any atom is 0.246 e. The summed E-state index contributed by atoms with van der Waals surface area (Å²) in [4.78, 5) is 12.8. The summed E-state index contributed by atoms with van der Waals surface area (Å²) in [5.41, 5.74) is 1.66. The number of phenolic OH excluding ortho intramolecular Hbond substituents is 1. The van der Waals surface area contributed by atoms with Crippen LogP contribution in [0.3, 0.4) is 0 Å². The van der Waals surface area contributed by atoms with E-state index < -0.39 is 23.6 Å². The fraction of sp³-hybridized carbons (Fsp3) is 0.136. The highest BCUT2D eigenvalue weighted by Crippen LogP contribution is 2.19. The second-order valence-electron chi connectivity index (χ2n) is 6.33. The molecule has 0 heterocycles. The average Bonchev–Trinajstić information content (AvgIpc) is 2.69. The molecule has 1 atom stereocenters. The molecule has 28 heavy (non-hydrogen) atoms. The molecule has 0 aromatic heterocycles. The van der Waals surface area contributed by atoms with Crippen LogP contribution in [-0.4, -0.2) is 17.6 Å². The number of halogens is 2. The Morgan fingerprint density at radius 3 is 2.36 bits per heavy atom. The summed E-state index contributed by atoms with van der Waals surface area (Å²) in [6, 6.07) is 18.2. The molecule has 0 bridgehead atoms. The molecule has 4 nitrogen and oxygen atoms in total. The molecule has 0 radical (unpaired) electrons. The van der Waals surface area contributed by atoms with Crippen molar-refractivity contribution in [3.8, 4) is 5.75 Å². The number of carbonyl (C=O) groups is 1. The number of phenols is 1. The van der Waals surface area contributed by atoms with Crippen molar-refractivity contribution >= 4 is 11.6 Å². The molecule has 0 aliphatic rings. The second-order valence-corrected chi connectivity index (χ2v) is 6.33. The highest BCUT2D eigenvalue weighted by atomic mass is 19.1. The SMILES string of the molecule is O=C(Nc1ccc(F)cc1F)[C@H](NCCc1ccc(O)cc1)c1ccccc1. The van der Waals surface area contributed by atoms with Crippen LogP contribution in [0.25, 0.3) is 0 Å². The van der Waals surface area contributed by atoms with Gasteiger partial charge in [-0.3, -0.25) is 4.79 Å². The Bertz CT molecular complexity index is 931. The fourth-order valence-electron chi connectivity index (χ4n) is 2.83. The van der Waals surface area contributed by atoms with Gasteiger partial charge in [-0.05, 0) is 41.8 Å². The third-order valence-electron chi connectivity index (χ3n) is 4.28. The molecule has 0 aliphatic carbocycles. The smallest absolute Gasteiger partial charge is 0.246 e. The van der Waals surface area contributed by atoms with Crippen LogP contribution in [0.4, 0.5) is 14.5 Å². The van der Waals surface area contributed by atoms with E-state index in [4.69, 9.17) is 0 Å². The molecule has 0 saturated carbocycles. The summed E-state index contributed by atoms with van der Waals surface area (Å²) in [6.45, 7) is 0.490. The van der Waals surface area contributed by atoms with Gasteiger partial charge < -0.3 is 15.7 Å². The van der Waals surface area contributed by atoms with Crippen molar-refractivity contribution in [2.75, 3.05) is 11.9 Å². The minimum atomic E-state index is -0.829. The lowest BCUT2D eigenvalue weighted by Crippen LogP contribution is -2.34. The largest absolute Gasteiger partial charge is 0.508 e. The maximum absolute atomic E-state index is 13.9. The van der Waals surface area contributed by atoms with Gasteiger partial charge in [0.2, 0.25) is 5.91 Å². The van der Waals surface area contributed by atoms with E-state index in [1.54, 1.807) is 24.3 Å². The van der Waals surface area contributed by atoms with Gasteiger partial charge in [-0.15, -0.1) is 0 Å². The Kier molecular flexibility index (Phi) is 6.34. The molecular formula is C22H20F2N2O2. The van der Waals surface area contributed by atoms with Gasteiger partial charge in [0.05, 0.1) is 5.69 Å².